The molecule has 0 atom stereocenters. The van der Waals surface area contributed by atoms with Crippen molar-refractivity contribution in [3.8, 4) is 0 Å². The maximum absolute atomic E-state index is 2.47. The molecule has 0 aliphatic heterocycles. The molecule has 0 aliphatic carbocycles. The fourth-order valence-electron chi connectivity index (χ4n) is 5.86. The molecule has 0 aromatic carbocycles. The lowest BCUT2D eigenvalue weighted by molar-refractivity contribution is 0.341. The van der Waals surface area contributed by atoms with Crippen LogP contribution in [0.5, 0.6) is 0 Å². The zero-order valence-electron chi connectivity index (χ0n) is 29.6. The van der Waals surface area contributed by atoms with Gasteiger partial charge in [-0.05, 0) is 115 Å². The first-order valence-electron chi connectivity index (χ1n) is 19.3. The normalized spacial score (nSPS) is 12.6. The van der Waals surface area contributed by atoms with Crippen LogP contribution in [0.25, 0.3) is 0 Å². The van der Waals surface area contributed by atoms with Crippen LogP contribution in [0.4, 0.5) is 0 Å². The summed E-state index contributed by atoms with van der Waals surface area (Å²) in [5.41, 5.74) is 0. The largest absolute Gasteiger partial charge is 0.0885 e. The van der Waals surface area contributed by atoms with Gasteiger partial charge in [-0.15, -0.1) is 0 Å². The van der Waals surface area contributed by atoms with Crippen LogP contribution in [-0.4, -0.2) is 0 Å². The Kier molecular flexibility index (Phi) is 35.3. The Bertz CT molecular complexity index is 554. The smallest absolute Gasteiger partial charge is 0.0348 e. The highest BCUT2D eigenvalue weighted by atomic mass is 14.2. The highest BCUT2D eigenvalue weighted by Gasteiger charge is 2.11. The molecule has 0 fully saturated rings. The Morgan fingerprint density at radius 1 is 0.310 bits per heavy atom. The summed E-state index contributed by atoms with van der Waals surface area (Å²) in [5.74, 6) is 1.67. The molecule has 0 heteroatoms. The predicted molar refractivity (Wildman–Crippen MR) is 196 cm³/mol. The number of allylic oxidation sites excluding steroid dienone is 8. The topological polar surface area (TPSA) is 0 Å². The van der Waals surface area contributed by atoms with E-state index in [1.54, 1.807) is 0 Å². The Hall–Kier alpha value is -1.04. The minimum atomic E-state index is 0.804. The summed E-state index contributed by atoms with van der Waals surface area (Å²) < 4.78 is 0. The summed E-state index contributed by atoms with van der Waals surface area (Å²) in [6, 6.07) is 0. The lowest BCUT2D eigenvalue weighted by atomic mass is 9.87. The second-order valence-electron chi connectivity index (χ2n) is 13.4. The van der Waals surface area contributed by atoms with Crippen molar-refractivity contribution < 1.29 is 0 Å². The number of rotatable bonds is 33. The van der Waals surface area contributed by atoms with Crippen molar-refractivity contribution in [2.75, 3.05) is 0 Å². The molecule has 0 rings (SSSR count). The molecular formula is C42H78. The van der Waals surface area contributed by atoms with E-state index in [9.17, 15) is 0 Å². The van der Waals surface area contributed by atoms with Crippen molar-refractivity contribution in [2.24, 2.45) is 11.8 Å². The van der Waals surface area contributed by atoms with Gasteiger partial charge >= 0.3 is 0 Å². The summed E-state index contributed by atoms with van der Waals surface area (Å²) in [6.45, 7) is 9.42. The number of hydrogen-bond donors (Lipinski definition) is 0. The molecule has 0 nitrogen and oxygen atoms in total. The molecule has 0 spiro atoms. The van der Waals surface area contributed by atoms with E-state index in [-0.39, 0.29) is 0 Å². The second-order valence-corrected chi connectivity index (χ2v) is 13.4. The third-order valence-electron chi connectivity index (χ3n) is 8.95. The van der Waals surface area contributed by atoms with Crippen molar-refractivity contribution in [3.05, 3.63) is 48.6 Å². The Labute approximate surface area is 267 Å². The van der Waals surface area contributed by atoms with E-state index < -0.39 is 0 Å². The molecule has 0 saturated carbocycles. The summed E-state index contributed by atoms with van der Waals surface area (Å²) >= 11 is 0. The molecule has 0 aromatic rings. The first kappa shape index (κ1) is 41.0. The molecule has 0 amide bonds. The van der Waals surface area contributed by atoms with Gasteiger partial charge < -0.3 is 0 Å². The van der Waals surface area contributed by atoms with Crippen LogP contribution in [0.3, 0.4) is 0 Å². The molecule has 0 saturated heterocycles. The van der Waals surface area contributed by atoms with Crippen molar-refractivity contribution in [2.45, 2.75) is 207 Å². The van der Waals surface area contributed by atoms with E-state index in [1.807, 2.05) is 0 Å². The second kappa shape index (κ2) is 36.2. The summed E-state index contributed by atoms with van der Waals surface area (Å²) in [5, 5.41) is 0. The Morgan fingerprint density at radius 3 is 0.810 bits per heavy atom. The maximum Gasteiger partial charge on any atom is -0.0348 e. The van der Waals surface area contributed by atoms with Crippen molar-refractivity contribution in [3.63, 3.8) is 0 Å². The Balaban J connectivity index is 3.57. The van der Waals surface area contributed by atoms with Gasteiger partial charge in [-0.25, -0.2) is 0 Å². The van der Waals surface area contributed by atoms with E-state index in [4.69, 9.17) is 0 Å². The highest BCUT2D eigenvalue weighted by Crippen LogP contribution is 2.23. The lowest BCUT2D eigenvalue weighted by Crippen LogP contribution is -2.08. The Morgan fingerprint density at radius 2 is 0.548 bits per heavy atom. The summed E-state index contributed by atoms with van der Waals surface area (Å²) in [4.78, 5) is 0. The van der Waals surface area contributed by atoms with E-state index >= 15 is 0 Å². The van der Waals surface area contributed by atoms with Gasteiger partial charge in [-0.2, -0.15) is 0 Å². The van der Waals surface area contributed by atoms with E-state index in [2.05, 4.69) is 76.3 Å². The van der Waals surface area contributed by atoms with Gasteiger partial charge in [0.15, 0.2) is 0 Å². The van der Waals surface area contributed by atoms with Crippen LogP contribution in [0.1, 0.15) is 207 Å². The van der Waals surface area contributed by atoms with Gasteiger partial charge in [0, 0.05) is 0 Å². The van der Waals surface area contributed by atoms with Crippen molar-refractivity contribution >= 4 is 0 Å². The van der Waals surface area contributed by atoms with Gasteiger partial charge in [0.2, 0.25) is 0 Å². The molecular weight excluding hydrogens is 504 g/mol. The zero-order chi connectivity index (χ0) is 30.6. The SMILES string of the molecule is CCCCCC/C=C/CCCCCCC/C=C/CCC(CC/C=C/CCCCCCC/C=C/CCCCCC)C(C)C. The van der Waals surface area contributed by atoms with Crippen LogP contribution in [0, 0.1) is 11.8 Å². The van der Waals surface area contributed by atoms with Crippen LogP contribution in [-0.2, 0) is 0 Å². The van der Waals surface area contributed by atoms with E-state index in [0.717, 1.165) is 11.8 Å². The standard InChI is InChI=1S/C42H78/c1-5-7-9-11-13-15-17-19-21-23-25-27-29-31-33-35-37-39-42(41(3)4)40-38-36-34-32-30-28-26-24-22-20-18-16-14-12-10-8-6-2/h15-18,33-36,41-42H,5-14,19-32,37-40H2,1-4H3/b17-15+,18-16+,35-33+,36-34+. The van der Waals surface area contributed by atoms with Crippen LogP contribution in [0.2, 0.25) is 0 Å². The van der Waals surface area contributed by atoms with Crippen molar-refractivity contribution in [1.29, 1.82) is 0 Å². The first-order chi connectivity index (χ1) is 20.7. The van der Waals surface area contributed by atoms with Crippen molar-refractivity contribution in [1.82, 2.24) is 0 Å². The fourth-order valence-corrected chi connectivity index (χ4v) is 5.86. The first-order valence-corrected chi connectivity index (χ1v) is 19.3. The number of unbranched alkanes of at least 4 members (excludes halogenated alkanes) is 20. The van der Waals surface area contributed by atoms with Gasteiger partial charge in [0.25, 0.3) is 0 Å². The molecule has 0 radical (unpaired) electrons. The maximum atomic E-state index is 2.47. The lowest BCUT2D eigenvalue weighted by Gasteiger charge is -2.19. The molecule has 246 valence electrons. The van der Waals surface area contributed by atoms with Gasteiger partial charge in [-0.3, -0.25) is 0 Å². The number of hydrogen-bond acceptors (Lipinski definition) is 0. The molecule has 42 heavy (non-hydrogen) atoms. The van der Waals surface area contributed by atoms with Crippen LogP contribution in [0.15, 0.2) is 48.6 Å². The molecule has 0 bridgehead atoms. The van der Waals surface area contributed by atoms with Crippen LogP contribution >= 0.6 is 0 Å². The van der Waals surface area contributed by atoms with Gasteiger partial charge in [0.1, 0.15) is 0 Å². The summed E-state index contributed by atoms with van der Waals surface area (Å²) in [7, 11) is 0. The van der Waals surface area contributed by atoms with E-state index in [0.29, 0.717) is 0 Å². The zero-order valence-corrected chi connectivity index (χ0v) is 29.6. The quantitative estimate of drug-likeness (QED) is 0.0533. The molecule has 0 unspecified atom stereocenters. The minimum Gasteiger partial charge on any atom is -0.0885 e. The predicted octanol–water partition coefficient (Wildman–Crippen LogP) is 15.4. The highest BCUT2D eigenvalue weighted by molar-refractivity contribution is 4.86. The third kappa shape index (κ3) is 33.5. The monoisotopic (exact) mass is 583 g/mol. The van der Waals surface area contributed by atoms with Gasteiger partial charge in [-0.1, -0.05) is 153 Å². The minimum absolute atomic E-state index is 0.804. The van der Waals surface area contributed by atoms with E-state index in [1.165, 1.54) is 180 Å². The van der Waals surface area contributed by atoms with Crippen LogP contribution < -0.4 is 0 Å². The average molecular weight is 583 g/mol. The molecule has 0 aliphatic rings. The summed E-state index contributed by atoms with van der Waals surface area (Å²) in [6.07, 6.45) is 57.6. The molecule has 0 N–H and O–H groups in total. The molecule has 0 heterocycles. The third-order valence-corrected chi connectivity index (χ3v) is 8.95. The fraction of sp³-hybridized carbons (Fsp3) is 0.810. The average Bonchev–Trinajstić information content (AvgIpc) is 2.99. The van der Waals surface area contributed by atoms with Gasteiger partial charge in [0.05, 0.1) is 0 Å². The molecule has 0 aromatic heterocycles.